The molecular weight excluding hydrogens is 306 g/mol. The third kappa shape index (κ3) is 4.03. The maximum absolute atomic E-state index is 11.3. The molecule has 112 valence electrons. The summed E-state index contributed by atoms with van der Waals surface area (Å²) in [5.74, 6) is 0.162. The van der Waals surface area contributed by atoms with Crippen LogP contribution in [0.1, 0.15) is 11.3 Å². The first-order chi connectivity index (χ1) is 10.5. The summed E-state index contributed by atoms with van der Waals surface area (Å²) in [4.78, 5) is 32.1. The molecule has 0 aliphatic carbocycles. The number of para-hydroxylation sites is 1. The SMILES string of the molecule is Cc1cc(=O)[nH]c(NC(=S)N=Cc2ccccc2[N+](=O)[O-])n1. The molecule has 0 unspecified atom stereocenters. The minimum absolute atomic E-state index is 0.0203. The summed E-state index contributed by atoms with van der Waals surface area (Å²) >= 11 is 4.99. The molecule has 2 rings (SSSR count). The third-order valence-electron chi connectivity index (χ3n) is 2.55. The number of H-pyrrole nitrogens is 1. The van der Waals surface area contributed by atoms with E-state index < -0.39 is 4.92 Å². The van der Waals surface area contributed by atoms with Crippen molar-refractivity contribution in [3.05, 3.63) is 62.1 Å². The number of aryl methyl sites for hydroxylation is 1. The molecule has 0 radical (unpaired) electrons. The molecule has 8 nitrogen and oxygen atoms in total. The van der Waals surface area contributed by atoms with Gasteiger partial charge >= 0.3 is 0 Å². The minimum Gasteiger partial charge on any atom is -0.301 e. The second kappa shape index (κ2) is 6.68. The average Bonchev–Trinajstić information content (AvgIpc) is 2.44. The Morgan fingerprint density at radius 3 is 2.91 bits per heavy atom. The molecule has 0 aliphatic heterocycles. The maximum atomic E-state index is 11.3. The van der Waals surface area contributed by atoms with E-state index in [1.165, 1.54) is 18.3 Å². The van der Waals surface area contributed by atoms with E-state index in [1.807, 2.05) is 0 Å². The van der Waals surface area contributed by atoms with Gasteiger partial charge in [-0.3, -0.25) is 19.9 Å². The molecule has 0 saturated carbocycles. The highest BCUT2D eigenvalue weighted by molar-refractivity contribution is 7.80. The van der Waals surface area contributed by atoms with Gasteiger partial charge in [0.1, 0.15) is 0 Å². The van der Waals surface area contributed by atoms with Crippen molar-refractivity contribution in [3.8, 4) is 0 Å². The molecule has 1 heterocycles. The van der Waals surface area contributed by atoms with Gasteiger partial charge in [-0.05, 0) is 25.2 Å². The summed E-state index contributed by atoms with van der Waals surface area (Å²) in [6.07, 6.45) is 1.28. The van der Waals surface area contributed by atoms with Crippen LogP contribution < -0.4 is 10.9 Å². The minimum atomic E-state index is -0.503. The number of thiocarbonyl (C=S) groups is 1. The highest BCUT2D eigenvalue weighted by atomic mass is 32.1. The van der Waals surface area contributed by atoms with Crippen LogP contribution in [-0.2, 0) is 0 Å². The van der Waals surface area contributed by atoms with Gasteiger partial charge < -0.3 is 5.32 Å². The number of aromatic nitrogens is 2. The zero-order chi connectivity index (χ0) is 16.1. The van der Waals surface area contributed by atoms with Crippen molar-refractivity contribution in [1.82, 2.24) is 9.97 Å². The molecule has 0 atom stereocenters. The smallest absolute Gasteiger partial charge is 0.278 e. The number of nitro groups is 1. The highest BCUT2D eigenvalue weighted by Gasteiger charge is 2.10. The van der Waals surface area contributed by atoms with E-state index >= 15 is 0 Å². The predicted octanol–water partition coefficient (Wildman–Crippen LogP) is 1.80. The first-order valence-corrected chi connectivity index (χ1v) is 6.53. The van der Waals surface area contributed by atoms with E-state index in [-0.39, 0.29) is 22.3 Å². The van der Waals surface area contributed by atoms with Crippen LogP contribution in [0.2, 0.25) is 0 Å². The number of nitro benzene ring substituents is 1. The number of hydrogen-bond donors (Lipinski definition) is 2. The number of benzene rings is 1. The number of rotatable bonds is 3. The normalized spacial score (nSPS) is 10.6. The molecule has 0 amide bonds. The largest absolute Gasteiger partial charge is 0.301 e. The van der Waals surface area contributed by atoms with Crippen LogP contribution in [0.3, 0.4) is 0 Å². The van der Waals surface area contributed by atoms with Crippen LogP contribution in [0, 0.1) is 17.0 Å². The van der Waals surface area contributed by atoms with Crippen molar-refractivity contribution in [1.29, 1.82) is 0 Å². The first-order valence-electron chi connectivity index (χ1n) is 6.12. The Bertz CT molecular complexity index is 815. The van der Waals surface area contributed by atoms with Gasteiger partial charge in [-0.1, -0.05) is 12.1 Å². The van der Waals surface area contributed by atoms with Crippen molar-refractivity contribution < 1.29 is 4.92 Å². The number of anilines is 1. The van der Waals surface area contributed by atoms with E-state index in [1.54, 1.807) is 25.1 Å². The van der Waals surface area contributed by atoms with Crippen LogP contribution >= 0.6 is 12.2 Å². The second-order valence-corrected chi connectivity index (χ2v) is 4.63. The molecule has 0 aliphatic rings. The standard InChI is InChI=1S/C13H11N5O3S/c1-8-6-11(19)16-12(15-8)17-13(22)14-7-9-4-2-3-5-10(9)18(20)21/h2-7H,1H3,(H2,15,16,17,19,22). The number of hydrogen-bond acceptors (Lipinski definition) is 5. The molecule has 1 aromatic heterocycles. The van der Waals surface area contributed by atoms with E-state index in [0.29, 0.717) is 11.3 Å². The molecular formula is C13H11N5O3S. The van der Waals surface area contributed by atoms with Crippen molar-refractivity contribution in [3.63, 3.8) is 0 Å². The quantitative estimate of drug-likeness (QED) is 0.386. The van der Waals surface area contributed by atoms with Gasteiger partial charge in [0.2, 0.25) is 5.95 Å². The van der Waals surface area contributed by atoms with Crippen LogP contribution in [0.5, 0.6) is 0 Å². The molecule has 2 aromatic rings. The predicted molar refractivity (Wildman–Crippen MR) is 86.5 cm³/mol. The Balaban J connectivity index is 2.15. The van der Waals surface area contributed by atoms with Gasteiger partial charge in [0.25, 0.3) is 11.2 Å². The van der Waals surface area contributed by atoms with Gasteiger partial charge in [0.05, 0.1) is 10.5 Å². The topological polar surface area (TPSA) is 113 Å². The monoisotopic (exact) mass is 317 g/mol. The lowest BCUT2D eigenvalue weighted by molar-refractivity contribution is -0.385. The summed E-state index contributed by atoms with van der Waals surface area (Å²) in [5, 5.41) is 13.5. The Kier molecular flexibility index (Phi) is 4.69. The van der Waals surface area contributed by atoms with E-state index in [0.717, 1.165) is 0 Å². The van der Waals surface area contributed by atoms with E-state index in [2.05, 4.69) is 20.3 Å². The molecule has 0 saturated heterocycles. The van der Waals surface area contributed by atoms with Gasteiger partial charge in [-0.15, -0.1) is 0 Å². The average molecular weight is 317 g/mol. The van der Waals surface area contributed by atoms with Gasteiger partial charge in [-0.2, -0.15) is 0 Å². The Morgan fingerprint density at radius 1 is 1.50 bits per heavy atom. The fourth-order valence-electron chi connectivity index (χ4n) is 1.66. The number of aromatic amines is 1. The molecule has 0 bridgehead atoms. The lowest BCUT2D eigenvalue weighted by Gasteiger charge is -2.03. The summed E-state index contributed by atoms with van der Waals surface area (Å²) in [5.41, 5.74) is 0.454. The zero-order valence-electron chi connectivity index (χ0n) is 11.4. The summed E-state index contributed by atoms with van der Waals surface area (Å²) in [6, 6.07) is 7.48. The molecule has 1 aromatic carbocycles. The van der Waals surface area contributed by atoms with E-state index in [4.69, 9.17) is 12.2 Å². The van der Waals surface area contributed by atoms with Crippen LogP contribution in [0.15, 0.2) is 40.1 Å². The van der Waals surface area contributed by atoms with Gasteiger partial charge in [0, 0.05) is 24.0 Å². The lowest BCUT2D eigenvalue weighted by Crippen LogP contribution is -2.15. The van der Waals surface area contributed by atoms with E-state index in [9.17, 15) is 14.9 Å². The van der Waals surface area contributed by atoms with Crippen molar-refractivity contribution >= 4 is 35.2 Å². The highest BCUT2D eigenvalue weighted by Crippen LogP contribution is 2.15. The number of nitrogens with one attached hydrogen (secondary N) is 2. The zero-order valence-corrected chi connectivity index (χ0v) is 12.3. The van der Waals surface area contributed by atoms with Crippen LogP contribution in [-0.4, -0.2) is 26.2 Å². The second-order valence-electron chi connectivity index (χ2n) is 4.24. The number of aliphatic imine (C=N–C) groups is 1. The number of nitrogens with zero attached hydrogens (tertiary/aromatic N) is 3. The summed E-state index contributed by atoms with van der Waals surface area (Å²) < 4.78 is 0. The molecule has 0 spiro atoms. The third-order valence-corrected chi connectivity index (χ3v) is 2.76. The molecule has 2 N–H and O–H groups in total. The maximum Gasteiger partial charge on any atom is 0.278 e. The van der Waals surface area contributed by atoms with Crippen LogP contribution in [0.4, 0.5) is 11.6 Å². The summed E-state index contributed by atoms with van der Waals surface area (Å²) in [7, 11) is 0. The van der Waals surface area contributed by atoms with Gasteiger partial charge in [0.15, 0.2) is 5.11 Å². The van der Waals surface area contributed by atoms with Crippen LogP contribution in [0.25, 0.3) is 0 Å². The fraction of sp³-hybridized carbons (Fsp3) is 0.0769. The first kappa shape index (κ1) is 15.4. The Labute approximate surface area is 130 Å². The lowest BCUT2D eigenvalue weighted by atomic mass is 10.2. The van der Waals surface area contributed by atoms with Crippen molar-refractivity contribution in [2.45, 2.75) is 6.92 Å². The Hall–Kier alpha value is -2.94. The Morgan fingerprint density at radius 2 is 2.23 bits per heavy atom. The molecule has 9 heteroatoms. The molecule has 0 fully saturated rings. The fourth-order valence-corrected chi connectivity index (χ4v) is 1.81. The van der Waals surface area contributed by atoms with Crippen molar-refractivity contribution in [2.24, 2.45) is 4.99 Å². The summed E-state index contributed by atoms with van der Waals surface area (Å²) in [6.45, 7) is 1.67. The molecule has 22 heavy (non-hydrogen) atoms. The van der Waals surface area contributed by atoms with Crippen molar-refractivity contribution in [2.75, 3.05) is 5.32 Å². The van der Waals surface area contributed by atoms with Gasteiger partial charge in [-0.25, -0.2) is 9.98 Å².